The summed E-state index contributed by atoms with van der Waals surface area (Å²) in [6, 6.07) is 12.9. The molecule has 0 bridgehead atoms. The molecule has 4 rings (SSSR count). The van der Waals surface area contributed by atoms with E-state index in [9.17, 15) is 30.8 Å². The van der Waals surface area contributed by atoms with E-state index in [4.69, 9.17) is 16.7 Å². The fraction of sp³-hybridized carbons (Fsp3) is 0.125. The van der Waals surface area contributed by atoms with Gasteiger partial charge in [0.15, 0.2) is 0 Å². The van der Waals surface area contributed by atoms with Crippen LogP contribution in [0.5, 0.6) is 0 Å². The molecule has 1 heterocycles. The average Bonchev–Trinajstić information content (AvgIpc) is 3.15. The van der Waals surface area contributed by atoms with Gasteiger partial charge < -0.3 is 5.11 Å². The minimum atomic E-state index is -5.12. The number of carboxylic acid groups (broad SMARTS) is 1. The Morgan fingerprint density at radius 2 is 1.71 bits per heavy atom. The molecule has 0 spiro atoms. The maximum atomic E-state index is 14.2. The van der Waals surface area contributed by atoms with Crippen LogP contribution in [0.25, 0.3) is 22.0 Å². The Morgan fingerprint density at radius 3 is 2.34 bits per heavy atom. The first-order chi connectivity index (χ1) is 16.4. The topological polar surface area (TPSA) is 76.4 Å². The summed E-state index contributed by atoms with van der Waals surface area (Å²) in [5.74, 6) is -1.89. The Hall–Kier alpha value is -3.37. The van der Waals surface area contributed by atoms with Crippen LogP contribution in [0.3, 0.4) is 0 Å². The van der Waals surface area contributed by atoms with Crippen molar-refractivity contribution in [3.63, 3.8) is 0 Å². The Kier molecular flexibility index (Phi) is 6.37. The number of benzene rings is 3. The molecule has 0 atom stereocenters. The average molecular weight is 526 g/mol. The zero-order valence-corrected chi connectivity index (χ0v) is 19.3. The summed E-state index contributed by atoms with van der Waals surface area (Å²) >= 11 is 5.89. The van der Waals surface area contributed by atoms with Gasteiger partial charge in [-0.25, -0.2) is 16.8 Å². The van der Waals surface area contributed by atoms with Gasteiger partial charge in [-0.05, 0) is 41.8 Å². The van der Waals surface area contributed by atoms with Gasteiger partial charge in [-0.3, -0.25) is 4.79 Å². The van der Waals surface area contributed by atoms with Gasteiger partial charge in [0.2, 0.25) is 0 Å². The molecule has 1 N–H and O–H groups in total. The molecule has 0 aliphatic carbocycles. The molecule has 0 radical (unpaired) electrons. The van der Waals surface area contributed by atoms with Crippen LogP contribution in [0.1, 0.15) is 17.5 Å². The summed E-state index contributed by atoms with van der Waals surface area (Å²) in [6.45, 7) is 0. The lowest BCUT2D eigenvalue weighted by Crippen LogP contribution is -2.20. The van der Waals surface area contributed by atoms with Crippen molar-refractivity contribution in [2.24, 2.45) is 0 Å². The lowest BCUT2D eigenvalue weighted by molar-refractivity contribution is -0.140. The number of rotatable bonds is 6. The van der Waals surface area contributed by atoms with Crippen LogP contribution in [-0.4, -0.2) is 23.5 Å². The van der Waals surface area contributed by atoms with E-state index in [0.29, 0.717) is 3.97 Å². The van der Waals surface area contributed by atoms with E-state index in [1.165, 1.54) is 18.2 Å². The van der Waals surface area contributed by atoms with Gasteiger partial charge in [0.05, 0.1) is 16.1 Å². The van der Waals surface area contributed by atoms with Crippen LogP contribution >= 0.6 is 11.6 Å². The second-order valence-corrected chi connectivity index (χ2v) is 9.83. The highest BCUT2D eigenvalue weighted by atomic mass is 35.5. The number of hydrogen-bond donors (Lipinski definition) is 1. The number of aryl methyl sites for hydroxylation is 1. The van der Waals surface area contributed by atoms with E-state index in [1.807, 2.05) is 0 Å². The van der Waals surface area contributed by atoms with Crippen molar-refractivity contribution in [1.82, 2.24) is 3.97 Å². The van der Waals surface area contributed by atoms with Crippen molar-refractivity contribution in [3.05, 3.63) is 88.8 Å². The fourth-order valence-electron chi connectivity index (χ4n) is 3.91. The Labute approximate surface area is 202 Å². The molecule has 0 saturated carbocycles. The van der Waals surface area contributed by atoms with Gasteiger partial charge in [-0.2, -0.15) is 13.2 Å². The molecule has 5 nitrogen and oxygen atoms in total. The van der Waals surface area contributed by atoms with E-state index < -0.39 is 49.9 Å². The maximum Gasteiger partial charge on any atom is 0.419 e. The molecular formula is C24H16ClF4NO4S. The van der Waals surface area contributed by atoms with E-state index in [0.717, 1.165) is 30.5 Å². The molecule has 0 saturated heterocycles. The fourth-order valence-corrected chi connectivity index (χ4v) is 6.06. The predicted octanol–water partition coefficient (Wildman–Crippen LogP) is 6.37. The summed E-state index contributed by atoms with van der Waals surface area (Å²) in [5, 5.41) is 8.30. The van der Waals surface area contributed by atoms with Crippen LogP contribution in [0.15, 0.2) is 71.8 Å². The van der Waals surface area contributed by atoms with Crippen molar-refractivity contribution in [2.75, 3.05) is 0 Å². The number of carbonyl (C=O) groups is 1. The molecule has 1 aromatic heterocycles. The van der Waals surface area contributed by atoms with Gasteiger partial charge in [0.1, 0.15) is 10.7 Å². The Bertz CT molecular complexity index is 1550. The highest BCUT2D eigenvalue weighted by Crippen LogP contribution is 2.44. The first-order valence-electron chi connectivity index (χ1n) is 10.1. The predicted molar refractivity (Wildman–Crippen MR) is 122 cm³/mol. The molecule has 182 valence electrons. The molecule has 35 heavy (non-hydrogen) atoms. The molecule has 3 aromatic carbocycles. The van der Waals surface area contributed by atoms with Crippen LogP contribution in [-0.2, 0) is 27.4 Å². The molecule has 0 fully saturated rings. The van der Waals surface area contributed by atoms with Crippen molar-refractivity contribution < 1.29 is 35.9 Å². The minimum absolute atomic E-state index is 0.0756. The molecule has 0 aliphatic heterocycles. The molecule has 11 heteroatoms. The molecule has 0 amide bonds. The van der Waals surface area contributed by atoms with Crippen molar-refractivity contribution in [3.8, 4) is 11.1 Å². The number of aliphatic carboxylic acids is 1. The zero-order valence-electron chi connectivity index (χ0n) is 17.7. The second kappa shape index (κ2) is 9.01. The van der Waals surface area contributed by atoms with Gasteiger partial charge in [-0.15, -0.1) is 0 Å². The summed E-state index contributed by atoms with van der Waals surface area (Å²) < 4.78 is 84.8. The van der Waals surface area contributed by atoms with Crippen LogP contribution < -0.4 is 0 Å². The van der Waals surface area contributed by atoms with Gasteiger partial charge in [0.25, 0.3) is 10.0 Å². The minimum Gasteiger partial charge on any atom is -0.481 e. The molecular weight excluding hydrogens is 510 g/mol. The zero-order chi connectivity index (χ0) is 25.5. The number of hydrogen-bond acceptors (Lipinski definition) is 3. The lowest BCUT2D eigenvalue weighted by Gasteiger charge is -2.20. The third kappa shape index (κ3) is 4.63. The highest BCUT2D eigenvalue weighted by Gasteiger charge is 2.42. The number of aromatic nitrogens is 1. The summed E-state index contributed by atoms with van der Waals surface area (Å²) in [4.78, 5) is 10.00. The van der Waals surface area contributed by atoms with Gasteiger partial charge in [-0.1, -0.05) is 48.0 Å². The smallest absolute Gasteiger partial charge is 0.419 e. The molecule has 4 aromatic rings. The van der Waals surface area contributed by atoms with Crippen LogP contribution in [0.4, 0.5) is 17.6 Å². The largest absolute Gasteiger partial charge is 0.481 e. The lowest BCUT2D eigenvalue weighted by atomic mass is 10.0. The maximum absolute atomic E-state index is 14.2. The summed E-state index contributed by atoms with van der Waals surface area (Å²) in [6.07, 6.45) is -4.65. The van der Waals surface area contributed by atoms with Gasteiger partial charge in [0, 0.05) is 23.6 Å². The number of carboxylic acids is 1. The van der Waals surface area contributed by atoms with E-state index in [-0.39, 0.29) is 34.0 Å². The van der Waals surface area contributed by atoms with Crippen molar-refractivity contribution in [2.45, 2.75) is 23.9 Å². The molecule has 0 aliphatic rings. The highest BCUT2D eigenvalue weighted by molar-refractivity contribution is 7.90. The number of nitrogens with zero attached hydrogens (tertiary/aromatic N) is 1. The van der Waals surface area contributed by atoms with E-state index in [2.05, 4.69) is 0 Å². The van der Waals surface area contributed by atoms with Crippen LogP contribution in [0, 0.1) is 5.82 Å². The third-order valence-corrected chi connectivity index (χ3v) is 7.49. The number of fused-ring (bicyclic) bond motifs is 1. The monoisotopic (exact) mass is 525 g/mol. The Morgan fingerprint density at radius 1 is 1.03 bits per heavy atom. The summed E-state index contributed by atoms with van der Waals surface area (Å²) in [7, 11) is -4.97. The second-order valence-electron chi connectivity index (χ2n) is 7.67. The number of alkyl halides is 3. The number of halogens is 5. The first-order valence-corrected chi connectivity index (χ1v) is 11.9. The normalized spacial score (nSPS) is 12.3. The van der Waals surface area contributed by atoms with Crippen LogP contribution in [0.2, 0.25) is 5.02 Å². The van der Waals surface area contributed by atoms with Gasteiger partial charge >= 0.3 is 12.1 Å². The van der Waals surface area contributed by atoms with E-state index >= 15 is 0 Å². The molecule has 0 unspecified atom stereocenters. The third-order valence-electron chi connectivity index (χ3n) is 5.42. The first kappa shape index (κ1) is 24.7. The Balaban J connectivity index is 2.08. The SMILES string of the molecule is O=C(O)CCc1cn(S(=O)(=O)c2c(-c3ccccc3)ccc(Cl)c2C(F)(F)F)c2ccc(F)cc12. The quantitative estimate of drug-likeness (QED) is 0.297. The summed E-state index contributed by atoms with van der Waals surface area (Å²) in [5.41, 5.74) is -1.49. The van der Waals surface area contributed by atoms with E-state index in [1.54, 1.807) is 18.2 Å². The standard InChI is InChI=1S/C24H16ClF4NO4S/c25-19-9-8-17(14-4-2-1-3-5-14)23(22(19)24(27,28)29)35(33,34)30-13-15(6-11-21(31)32)18-12-16(26)7-10-20(18)30/h1-5,7-10,12-13H,6,11H2,(H,31,32). The van der Waals surface area contributed by atoms with Crippen molar-refractivity contribution >= 4 is 38.5 Å². The van der Waals surface area contributed by atoms with Crippen molar-refractivity contribution in [1.29, 1.82) is 0 Å².